The molecule has 0 N–H and O–H groups in total. The highest BCUT2D eigenvalue weighted by atomic mass is 14.4. The van der Waals surface area contributed by atoms with Gasteiger partial charge in [-0.25, -0.2) is 0 Å². The molecule has 2 unspecified atom stereocenters. The van der Waals surface area contributed by atoms with E-state index in [4.69, 9.17) is 0 Å². The van der Waals surface area contributed by atoms with Crippen LogP contribution >= 0.6 is 0 Å². The molecule has 0 aliphatic heterocycles. The zero-order chi connectivity index (χ0) is 9.73. The Balaban J connectivity index is 2.66. The zero-order valence-electron chi connectivity index (χ0n) is 9.73. The fourth-order valence-corrected chi connectivity index (χ4v) is 3.48. The fourth-order valence-electron chi connectivity index (χ4n) is 3.48. The Morgan fingerprint density at radius 2 is 1.92 bits per heavy atom. The largest absolute Gasteiger partial charge is 0.0654 e. The lowest BCUT2D eigenvalue weighted by Gasteiger charge is -2.44. The minimum absolute atomic E-state index is 0.738. The van der Waals surface area contributed by atoms with Crippen molar-refractivity contribution in [1.82, 2.24) is 0 Å². The van der Waals surface area contributed by atoms with E-state index in [0.29, 0.717) is 0 Å². The molecule has 0 nitrogen and oxygen atoms in total. The van der Waals surface area contributed by atoms with E-state index in [2.05, 4.69) is 20.8 Å². The lowest BCUT2D eigenvalue weighted by atomic mass is 9.62. The predicted molar refractivity (Wildman–Crippen MR) is 59.9 cm³/mol. The van der Waals surface area contributed by atoms with Crippen LogP contribution in [0.3, 0.4) is 0 Å². The first-order chi connectivity index (χ1) is 6.29. The Morgan fingerprint density at radius 1 is 1.15 bits per heavy atom. The van der Waals surface area contributed by atoms with Crippen LogP contribution in [0.4, 0.5) is 0 Å². The second-order valence-electron chi connectivity index (χ2n) is 4.82. The lowest BCUT2D eigenvalue weighted by Crippen LogP contribution is -2.32. The highest BCUT2D eigenvalue weighted by molar-refractivity contribution is 4.87. The van der Waals surface area contributed by atoms with Crippen molar-refractivity contribution in [3.63, 3.8) is 0 Å². The van der Waals surface area contributed by atoms with Crippen molar-refractivity contribution in [3.05, 3.63) is 0 Å². The molecule has 1 aliphatic carbocycles. The van der Waals surface area contributed by atoms with E-state index in [0.717, 1.165) is 11.3 Å². The second-order valence-corrected chi connectivity index (χ2v) is 4.82. The molecule has 0 radical (unpaired) electrons. The minimum atomic E-state index is 0.738. The molecule has 1 aliphatic rings. The van der Waals surface area contributed by atoms with E-state index in [-0.39, 0.29) is 0 Å². The van der Waals surface area contributed by atoms with E-state index in [9.17, 15) is 0 Å². The summed E-state index contributed by atoms with van der Waals surface area (Å²) in [6.07, 6.45) is 11.7. The van der Waals surface area contributed by atoms with Crippen LogP contribution in [0.15, 0.2) is 0 Å². The van der Waals surface area contributed by atoms with Gasteiger partial charge in [0.05, 0.1) is 0 Å². The molecule has 1 saturated carbocycles. The molecule has 1 fully saturated rings. The normalized spacial score (nSPS) is 34.8. The highest BCUT2D eigenvalue weighted by Gasteiger charge is 2.36. The van der Waals surface area contributed by atoms with Gasteiger partial charge in [-0.3, -0.25) is 0 Å². The third kappa shape index (κ3) is 2.27. The Hall–Kier alpha value is 0. The van der Waals surface area contributed by atoms with E-state index in [1.807, 2.05) is 0 Å². The molecule has 1 rings (SSSR count). The quantitative estimate of drug-likeness (QED) is 0.587. The van der Waals surface area contributed by atoms with Gasteiger partial charge in [-0.1, -0.05) is 52.9 Å². The SMILES string of the molecule is CCCC1(CC)CCCCC1CC. The maximum atomic E-state index is 2.41. The van der Waals surface area contributed by atoms with Crippen molar-refractivity contribution < 1.29 is 0 Å². The summed E-state index contributed by atoms with van der Waals surface area (Å²) >= 11 is 0. The number of hydrogen-bond acceptors (Lipinski definition) is 0. The van der Waals surface area contributed by atoms with Gasteiger partial charge in [-0.2, -0.15) is 0 Å². The summed E-state index contributed by atoms with van der Waals surface area (Å²) in [4.78, 5) is 0. The Bertz CT molecular complexity index is 135. The molecule has 2 atom stereocenters. The van der Waals surface area contributed by atoms with Crippen LogP contribution in [-0.4, -0.2) is 0 Å². The van der Waals surface area contributed by atoms with Crippen molar-refractivity contribution in [3.8, 4) is 0 Å². The third-order valence-electron chi connectivity index (χ3n) is 4.29. The van der Waals surface area contributed by atoms with E-state index >= 15 is 0 Å². The Kier molecular flexibility index (Phi) is 4.28. The standard InChI is InChI=1S/C13H26/c1-4-10-13(6-3)11-8-7-9-12(13)5-2/h12H,4-11H2,1-3H3. The predicted octanol–water partition coefficient (Wildman–Crippen LogP) is 4.78. The molecule has 0 heterocycles. The molecular weight excluding hydrogens is 156 g/mol. The first-order valence-corrected chi connectivity index (χ1v) is 6.29. The van der Waals surface area contributed by atoms with E-state index < -0.39 is 0 Å². The van der Waals surface area contributed by atoms with Crippen LogP contribution in [-0.2, 0) is 0 Å². The number of hydrogen-bond donors (Lipinski definition) is 0. The monoisotopic (exact) mass is 182 g/mol. The van der Waals surface area contributed by atoms with Crippen LogP contribution in [0.25, 0.3) is 0 Å². The van der Waals surface area contributed by atoms with Crippen LogP contribution in [0.2, 0.25) is 0 Å². The Labute approximate surface area is 84.1 Å². The average Bonchev–Trinajstić information content (AvgIpc) is 2.19. The van der Waals surface area contributed by atoms with Crippen LogP contribution < -0.4 is 0 Å². The van der Waals surface area contributed by atoms with Gasteiger partial charge < -0.3 is 0 Å². The molecule has 0 aromatic heterocycles. The first kappa shape index (κ1) is 11.1. The molecule has 0 amide bonds. The van der Waals surface area contributed by atoms with Crippen molar-refractivity contribution in [2.24, 2.45) is 11.3 Å². The smallest absolute Gasteiger partial charge is 0.0272 e. The molecule has 0 aromatic rings. The van der Waals surface area contributed by atoms with Gasteiger partial charge in [0, 0.05) is 0 Å². The van der Waals surface area contributed by atoms with Crippen LogP contribution in [0, 0.1) is 11.3 Å². The first-order valence-electron chi connectivity index (χ1n) is 6.29. The average molecular weight is 182 g/mol. The Morgan fingerprint density at radius 3 is 2.46 bits per heavy atom. The molecule has 0 spiro atoms. The molecule has 0 heteroatoms. The lowest BCUT2D eigenvalue weighted by molar-refractivity contribution is 0.0730. The summed E-state index contributed by atoms with van der Waals surface area (Å²) < 4.78 is 0. The van der Waals surface area contributed by atoms with Gasteiger partial charge in [0.1, 0.15) is 0 Å². The third-order valence-corrected chi connectivity index (χ3v) is 4.29. The fraction of sp³-hybridized carbons (Fsp3) is 1.00. The van der Waals surface area contributed by atoms with Crippen molar-refractivity contribution >= 4 is 0 Å². The van der Waals surface area contributed by atoms with E-state index in [1.165, 1.54) is 51.4 Å². The number of rotatable bonds is 4. The van der Waals surface area contributed by atoms with Crippen LogP contribution in [0.1, 0.15) is 72.1 Å². The second kappa shape index (κ2) is 5.02. The summed E-state index contributed by atoms with van der Waals surface area (Å²) in [5.41, 5.74) is 0.738. The van der Waals surface area contributed by atoms with Gasteiger partial charge in [-0.15, -0.1) is 0 Å². The molecule has 13 heavy (non-hydrogen) atoms. The molecule has 0 saturated heterocycles. The summed E-state index contributed by atoms with van der Waals surface area (Å²) in [7, 11) is 0. The van der Waals surface area contributed by atoms with Gasteiger partial charge in [0.15, 0.2) is 0 Å². The van der Waals surface area contributed by atoms with Crippen molar-refractivity contribution in [2.45, 2.75) is 72.1 Å². The summed E-state index contributed by atoms with van der Waals surface area (Å²) in [5, 5.41) is 0. The molecule has 0 aromatic carbocycles. The van der Waals surface area contributed by atoms with Crippen molar-refractivity contribution in [2.75, 3.05) is 0 Å². The topological polar surface area (TPSA) is 0 Å². The van der Waals surface area contributed by atoms with Gasteiger partial charge in [0.2, 0.25) is 0 Å². The van der Waals surface area contributed by atoms with Crippen LogP contribution in [0.5, 0.6) is 0 Å². The van der Waals surface area contributed by atoms with E-state index in [1.54, 1.807) is 0 Å². The zero-order valence-corrected chi connectivity index (χ0v) is 9.73. The summed E-state index contributed by atoms with van der Waals surface area (Å²) in [5.74, 6) is 1.03. The van der Waals surface area contributed by atoms with Gasteiger partial charge in [-0.05, 0) is 30.6 Å². The molecule has 78 valence electrons. The maximum Gasteiger partial charge on any atom is -0.0272 e. The van der Waals surface area contributed by atoms with Gasteiger partial charge >= 0.3 is 0 Å². The molecule has 0 bridgehead atoms. The minimum Gasteiger partial charge on any atom is -0.0654 e. The highest BCUT2D eigenvalue weighted by Crippen LogP contribution is 2.48. The summed E-state index contributed by atoms with van der Waals surface area (Å²) in [6.45, 7) is 7.14. The van der Waals surface area contributed by atoms with Crippen molar-refractivity contribution in [1.29, 1.82) is 0 Å². The molecular formula is C13H26. The maximum absolute atomic E-state index is 2.41. The summed E-state index contributed by atoms with van der Waals surface area (Å²) in [6, 6.07) is 0. The van der Waals surface area contributed by atoms with Gasteiger partial charge in [0.25, 0.3) is 0 Å².